The first kappa shape index (κ1) is 12.1. The minimum Gasteiger partial charge on any atom is -0.368 e. The van der Waals surface area contributed by atoms with E-state index in [0.717, 1.165) is 11.3 Å². The predicted octanol–water partition coefficient (Wildman–Crippen LogP) is -0.215. The van der Waals surface area contributed by atoms with E-state index in [0.29, 0.717) is 5.56 Å². The zero-order valence-corrected chi connectivity index (χ0v) is 9.82. The van der Waals surface area contributed by atoms with Gasteiger partial charge in [0.25, 0.3) is 5.91 Å². The number of rotatable bonds is 3. The molecule has 1 heterocycles. The van der Waals surface area contributed by atoms with Crippen molar-refractivity contribution >= 4 is 23.4 Å². The second kappa shape index (κ2) is 4.48. The molecule has 6 heteroatoms. The van der Waals surface area contributed by atoms with Crippen molar-refractivity contribution in [1.29, 1.82) is 0 Å². The standard InChI is InChI=1S/C12H13N3O3/c1-6(11(13)17)14-12(18)7-2-3-9-8(4-7)5-10(16)15-9/h2-4,6H,5H2,1H3,(H2,13,17)(H,14,18)(H,15,16). The van der Waals surface area contributed by atoms with Crippen LogP contribution in [0.1, 0.15) is 22.8 Å². The molecule has 4 N–H and O–H groups in total. The molecule has 0 aromatic heterocycles. The van der Waals surface area contributed by atoms with E-state index in [1.807, 2.05) is 0 Å². The van der Waals surface area contributed by atoms with Gasteiger partial charge in [-0.3, -0.25) is 14.4 Å². The van der Waals surface area contributed by atoms with E-state index in [2.05, 4.69) is 10.6 Å². The molecular formula is C12H13N3O3. The summed E-state index contributed by atoms with van der Waals surface area (Å²) in [6, 6.07) is 4.17. The summed E-state index contributed by atoms with van der Waals surface area (Å²) in [7, 11) is 0. The lowest BCUT2D eigenvalue weighted by molar-refractivity contribution is -0.119. The van der Waals surface area contributed by atoms with Crippen LogP contribution in [0.2, 0.25) is 0 Å². The summed E-state index contributed by atoms with van der Waals surface area (Å²) in [5.41, 5.74) is 6.96. The summed E-state index contributed by atoms with van der Waals surface area (Å²) in [5.74, 6) is -1.07. The van der Waals surface area contributed by atoms with Gasteiger partial charge < -0.3 is 16.4 Å². The maximum absolute atomic E-state index is 11.8. The van der Waals surface area contributed by atoms with Crippen molar-refractivity contribution in [3.63, 3.8) is 0 Å². The Hall–Kier alpha value is -2.37. The summed E-state index contributed by atoms with van der Waals surface area (Å²) < 4.78 is 0. The quantitative estimate of drug-likeness (QED) is 0.688. The van der Waals surface area contributed by atoms with Crippen LogP contribution in [0.5, 0.6) is 0 Å². The van der Waals surface area contributed by atoms with Gasteiger partial charge in [-0.05, 0) is 30.7 Å². The largest absolute Gasteiger partial charge is 0.368 e. The molecule has 0 bridgehead atoms. The molecule has 0 radical (unpaired) electrons. The Morgan fingerprint density at radius 1 is 1.44 bits per heavy atom. The van der Waals surface area contributed by atoms with E-state index in [-0.39, 0.29) is 18.2 Å². The Morgan fingerprint density at radius 2 is 2.17 bits per heavy atom. The van der Waals surface area contributed by atoms with Crippen LogP contribution >= 0.6 is 0 Å². The molecule has 1 aromatic rings. The zero-order valence-electron chi connectivity index (χ0n) is 9.82. The molecule has 2 rings (SSSR count). The molecule has 94 valence electrons. The average molecular weight is 247 g/mol. The molecule has 3 amide bonds. The number of amides is 3. The fourth-order valence-corrected chi connectivity index (χ4v) is 1.72. The Bertz CT molecular complexity index is 539. The van der Waals surface area contributed by atoms with Crippen LogP contribution in [0, 0.1) is 0 Å². The monoisotopic (exact) mass is 247 g/mol. The number of nitrogens with two attached hydrogens (primary N) is 1. The third-order valence-electron chi connectivity index (χ3n) is 2.77. The third kappa shape index (κ3) is 2.32. The highest BCUT2D eigenvalue weighted by Gasteiger charge is 2.20. The molecule has 18 heavy (non-hydrogen) atoms. The van der Waals surface area contributed by atoms with Gasteiger partial charge in [0, 0.05) is 11.3 Å². The number of benzene rings is 1. The maximum Gasteiger partial charge on any atom is 0.251 e. The lowest BCUT2D eigenvalue weighted by atomic mass is 10.1. The Morgan fingerprint density at radius 3 is 2.83 bits per heavy atom. The number of carbonyl (C=O) groups excluding carboxylic acids is 3. The van der Waals surface area contributed by atoms with Gasteiger partial charge in [0.1, 0.15) is 6.04 Å². The summed E-state index contributed by atoms with van der Waals surface area (Å²) in [5, 5.41) is 5.16. The van der Waals surface area contributed by atoms with Gasteiger partial charge in [-0.1, -0.05) is 0 Å². The van der Waals surface area contributed by atoms with Crippen molar-refractivity contribution < 1.29 is 14.4 Å². The van der Waals surface area contributed by atoms with Gasteiger partial charge in [-0.15, -0.1) is 0 Å². The van der Waals surface area contributed by atoms with Crippen molar-refractivity contribution in [3.05, 3.63) is 29.3 Å². The number of primary amides is 1. The summed E-state index contributed by atoms with van der Waals surface area (Å²) in [6.45, 7) is 1.51. The van der Waals surface area contributed by atoms with Crippen molar-refractivity contribution in [2.45, 2.75) is 19.4 Å². The van der Waals surface area contributed by atoms with Crippen LogP contribution < -0.4 is 16.4 Å². The average Bonchev–Trinajstić information content (AvgIpc) is 2.67. The minimum absolute atomic E-state index is 0.0898. The second-order valence-corrected chi connectivity index (χ2v) is 4.19. The van der Waals surface area contributed by atoms with E-state index < -0.39 is 11.9 Å². The van der Waals surface area contributed by atoms with E-state index >= 15 is 0 Å². The highest BCUT2D eigenvalue weighted by atomic mass is 16.2. The van der Waals surface area contributed by atoms with E-state index in [1.165, 1.54) is 6.92 Å². The molecule has 0 saturated carbocycles. The lowest BCUT2D eigenvalue weighted by Gasteiger charge is -2.10. The van der Waals surface area contributed by atoms with Crippen LogP contribution in [0.25, 0.3) is 0 Å². The van der Waals surface area contributed by atoms with Gasteiger partial charge in [-0.25, -0.2) is 0 Å². The third-order valence-corrected chi connectivity index (χ3v) is 2.77. The fourth-order valence-electron chi connectivity index (χ4n) is 1.72. The first-order valence-electron chi connectivity index (χ1n) is 5.50. The highest BCUT2D eigenvalue weighted by Crippen LogP contribution is 2.23. The number of carbonyl (C=O) groups is 3. The molecule has 0 aliphatic carbocycles. The number of fused-ring (bicyclic) bond motifs is 1. The molecule has 1 unspecified atom stereocenters. The minimum atomic E-state index is -0.731. The maximum atomic E-state index is 11.8. The molecule has 6 nitrogen and oxygen atoms in total. The molecular weight excluding hydrogens is 234 g/mol. The Balaban J connectivity index is 2.15. The van der Waals surface area contributed by atoms with Gasteiger partial charge in [-0.2, -0.15) is 0 Å². The topological polar surface area (TPSA) is 101 Å². The molecule has 0 fully saturated rings. The SMILES string of the molecule is CC(NC(=O)c1ccc2c(c1)CC(=O)N2)C(N)=O. The first-order valence-corrected chi connectivity index (χ1v) is 5.50. The fraction of sp³-hybridized carbons (Fsp3) is 0.250. The smallest absolute Gasteiger partial charge is 0.251 e. The summed E-state index contributed by atoms with van der Waals surface area (Å²) >= 11 is 0. The van der Waals surface area contributed by atoms with Crippen LogP contribution in [-0.2, 0) is 16.0 Å². The summed E-state index contributed by atoms with van der Waals surface area (Å²) in [6.07, 6.45) is 0.266. The van der Waals surface area contributed by atoms with Gasteiger partial charge in [0.05, 0.1) is 6.42 Å². The molecule has 1 atom stereocenters. The van der Waals surface area contributed by atoms with Crippen LogP contribution in [0.15, 0.2) is 18.2 Å². The number of hydrogen-bond acceptors (Lipinski definition) is 3. The Labute approximate surface area is 104 Å². The van der Waals surface area contributed by atoms with Crippen LogP contribution in [0.4, 0.5) is 5.69 Å². The van der Waals surface area contributed by atoms with Crippen LogP contribution in [-0.4, -0.2) is 23.8 Å². The van der Waals surface area contributed by atoms with E-state index in [9.17, 15) is 14.4 Å². The summed E-state index contributed by atoms with van der Waals surface area (Å²) in [4.78, 5) is 33.8. The number of anilines is 1. The van der Waals surface area contributed by atoms with Gasteiger partial charge in [0.15, 0.2) is 0 Å². The van der Waals surface area contributed by atoms with Crippen molar-refractivity contribution in [1.82, 2.24) is 5.32 Å². The zero-order chi connectivity index (χ0) is 13.3. The van der Waals surface area contributed by atoms with Crippen molar-refractivity contribution in [2.24, 2.45) is 5.73 Å². The molecule has 1 aliphatic rings. The first-order chi connectivity index (χ1) is 8.47. The van der Waals surface area contributed by atoms with E-state index in [4.69, 9.17) is 5.73 Å². The van der Waals surface area contributed by atoms with Crippen molar-refractivity contribution in [2.75, 3.05) is 5.32 Å². The Kier molecular flexibility index (Phi) is 3.01. The molecule has 0 saturated heterocycles. The predicted molar refractivity (Wildman–Crippen MR) is 64.9 cm³/mol. The van der Waals surface area contributed by atoms with Gasteiger partial charge >= 0.3 is 0 Å². The normalized spacial score (nSPS) is 14.6. The number of nitrogens with one attached hydrogen (secondary N) is 2. The molecule has 0 spiro atoms. The number of hydrogen-bond donors (Lipinski definition) is 3. The molecule has 1 aliphatic heterocycles. The highest BCUT2D eigenvalue weighted by molar-refractivity contribution is 6.02. The van der Waals surface area contributed by atoms with Gasteiger partial charge in [0.2, 0.25) is 11.8 Å². The van der Waals surface area contributed by atoms with Crippen LogP contribution in [0.3, 0.4) is 0 Å². The molecule has 1 aromatic carbocycles. The van der Waals surface area contributed by atoms with E-state index in [1.54, 1.807) is 18.2 Å². The van der Waals surface area contributed by atoms with Crippen molar-refractivity contribution in [3.8, 4) is 0 Å². The lowest BCUT2D eigenvalue weighted by Crippen LogP contribution is -2.42. The second-order valence-electron chi connectivity index (χ2n) is 4.19.